The minimum atomic E-state index is -0.568. The van der Waals surface area contributed by atoms with E-state index in [1.165, 1.54) is 7.11 Å². The summed E-state index contributed by atoms with van der Waals surface area (Å²) in [6.07, 6.45) is 0. The summed E-state index contributed by atoms with van der Waals surface area (Å²) in [5, 5.41) is 14.2. The normalized spacial score (nSPS) is 17.1. The van der Waals surface area contributed by atoms with E-state index in [4.69, 9.17) is 17.0 Å². The van der Waals surface area contributed by atoms with Crippen LogP contribution >= 0.6 is 12.2 Å². The van der Waals surface area contributed by atoms with Gasteiger partial charge in [-0.2, -0.15) is 0 Å². The summed E-state index contributed by atoms with van der Waals surface area (Å²) in [5.74, 6) is 0.224. The first kappa shape index (κ1) is 17.9. The molecule has 0 amide bonds. The van der Waals surface area contributed by atoms with Crippen LogP contribution in [0.5, 0.6) is 11.5 Å². The molecule has 134 valence electrons. The van der Waals surface area contributed by atoms with E-state index in [0.29, 0.717) is 27.6 Å². The first-order chi connectivity index (χ1) is 12.5. The van der Waals surface area contributed by atoms with Gasteiger partial charge in [0, 0.05) is 29.4 Å². The molecule has 3 rings (SSSR count). The number of methoxy groups -OCH3 is 1. The fourth-order valence-corrected chi connectivity index (χ4v) is 3.30. The summed E-state index contributed by atoms with van der Waals surface area (Å²) in [6, 6.07) is 13.7. The van der Waals surface area contributed by atoms with Crippen LogP contribution in [0.3, 0.4) is 0 Å². The van der Waals surface area contributed by atoms with Crippen molar-refractivity contribution in [1.82, 2.24) is 10.2 Å². The first-order valence-corrected chi connectivity index (χ1v) is 8.57. The Hall–Kier alpha value is -2.86. The lowest BCUT2D eigenvalue weighted by atomic mass is 9.88. The minimum Gasteiger partial charge on any atom is -0.504 e. The molecule has 1 atom stereocenters. The van der Waals surface area contributed by atoms with Crippen molar-refractivity contribution < 1.29 is 14.6 Å². The lowest BCUT2D eigenvalue weighted by molar-refractivity contribution is 0.102. The molecule has 0 saturated heterocycles. The summed E-state index contributed by atoms with van der Waals surface area (Å²) in [5.41, 5.74) is 2.40. The van der Waals surface area contributed by atoms with Crippen LogP contribution in [-0.4, -0.2) is 35.1 Å². The van der Waals surface area contributed by atoms with E-state index in [1.807, 2.05) is 32.2 Å². The van der Waals surface area contributed by atoms with Crippen molar-refractivity contribution in [3.63, 3.8) is 0 Å². The zero-order valence-electron chi connectivity index (χ0n) is 14.8. The van der Waals surface area contributed by atoms with E-state index in [9.17, 15) is 9.90 Å². The Kier molecular flexibility index (Phi) is 4.95. The number of rotatable bonds is 4. The van der Waals surface area contributed by atoms with Gasteiger partial charge in [0.15, 0.2) is 22.4 Å². The maximum Gasteiger partial charge on any atom is 0.193 e. The molecule has 0 bridgehead atoms. The first-order valence-electron chi connectivity index (χ1n) is 8.16. The number of ether oxygens (including phenoxy) is 1. The van der Waals surface area contributed by atoms with Crippen LogP contribution in [0, 0.1) is 0 Å². The van der Waals surface area contributed by atoms with Crippen molar-refractivity contribution in [2.45, 2.75) is 13.0 Å². The fraction of sp³-hybridized carbons (Fsp3) is 0.200. The zero-order valence-corrected chi connectivity index (χ0v) is 15.6. The van der Waals surface area contributed by atoms with Gasteiger partial charge < -0.3 is 20.1 Å². The van der Waals surface area contributed by atoms with Gasteiger partial charge in [0.25, 0.3) is 0 Å². The summed E-state index contributed by atoms with van der Waals surface area (Å²) < 4.78 is 5.21. The molecule has 0 spiro atoms. The lowest BCUT2D eigenvalue weighted by Crippen LogP contribution is -2.45. The van der Waals surface area contributed by atoms with Crippen LogP contribution in [0.2, 0.25) is 0 Å². The van der Waals surface area contributed by atoms with E-state index >= 15 is 0 Å². The number of aromatic hydroxyl groups is 1. The third-order valence-corrected chi connectivity index (χ3v) is 4.99. The molecule has 0 aliphatic carbocycles. The van der Waals surface area contributed by atoms with Crippen molar-refractivity contribution >= 4 is 23.1 Å². The average Bonchev–Trinajstić information content (AvgIpc) is 2.66. The Morgan fingerprint density at radius 2 is 1.88 bits per heavy atom. The van der Waals surface area contributed by atoms with Gasteiger partial charge in [-0.3, -0.25) is 4.79 Å². The predicted molar refractivity (Wildman–Crippen MR) is 104 cm³/mol. The molecule has 1 heterocycles. The maximum atomic E-state index is 13.2. The quantitative estimate of drug-likeness (QED) is 0.637. The Morgan fingerprint density at radius 1 is 1.19 bits per heavy atom. The van der Waals surface area contributed by atoms with Gasteiger partial charge >= 0.3 is 0 Å². The maximum absolute atomic E-state index is 13.2. The third kappa shape index (κ3) is 3.04. The molecule has 0 aromatic heterocycles. The summed E-state index contributed by atoms with van der Waals surface area (Å²) >= 11 is 5.40. The summed E-state index contributed by atoms with van der Waals surface area (Å²) in [6.45, 7) is 1.85. The van der Waals surface area contributed by atoms with E-state index in [1.54, 1.807) is 35.2 Å². The van der Waals surface area contributed by atoms with E-state index in [2.05, 4.69) is 5.32 Å². The molecule has 2 aromatic carbocycles. The third-order valence-electron chi connectivity index (χ3n) is 4.60. The standard InChI is InChI=1S/C20H20N2O3S/c1-12-16(18(23)13-8-5-4-6-9-13)17(21-20(26)22(12)2)14-10-7-11-15(25-3)19(14)24/h4-11,17,24H,1-3H3,(H,21,26). The van der Waals surface area contributed by atoms with Gasteiger partial charge in [0.1, 0.15) is 0 Å². The Labute approximate surface area is 157 Å². The number of carbonyl (C=O) groups excluding carboxylic acids is 1. The van der Waals surface area contributed by atoms with Crippen molar-refractivity contribution in [3.8, 4) is 11.5 Å². The van der Waals surface area contributed by atoms with Crippen LogP contribution in [0.15, 0.2) is 59.8 Å². The molecule has 0 fully saturated rings. The molecular formula is C20H20N2O3S. The molecule has 1 aliphatic rings. The van der Waals surface area contributed by atoms with Gasteiger partial charge in [-0.15, -0.1) is 0 Å². The Bertz CT molecular complexity index is 893. The molecule has 6 heteroatoms. The van der Waals surface area contributed by atoms with Crippen molar-refractivity contribution in [3.05, 3.63) is 70.9 Å². The smallest absolute Gasteiger partial charge is 0.193 e. The highest BCUT2D eigenvalue weighted by Crippen LogP contribution is 2.40. The van der Waals surface area contributed by atoms with Gasteiger partial charge in [0.05, 0.1) is 13.2 Å². The number of carbonyl (C=O) groups is 1. The topological polar surface area (TPSA) is 61.8 Å². The van der Waals surface area contributed by atoms with Crippen LogP contribution in [-0.2, 0) is 0 Å². The fourth-order valence-electron chi connectivity index (χ4n) is 3.04. The molecule has 1 unspecified atom stereocenters. The van der Waals surface area contributed by atoms with Crippen LogP contribution < -0.4 is 10.1 Å². The number of thiocarbonyl (C=S) groups is 1. The monoisotopic (exact) mass is 368 g/mol. The highest BCUT2D eigenvalue weighted by molar-refractivity contribution is 7.80. The number of phenols is 1. The number of ketones is 1. The van der Waals surface area contributed by atoms with Gasteiger partial charge in [0.2, 0.25) is 0 Å². The van der Waals surface area contributed by atoms with Crippen molar-refractivity contribution in [2.75, 3.05) is 14.2 Å². The SMILES string of the molecule is COc1cccc(C2NC(=S)N(C)C(C)=C2C(=O)c2ccccc2)c1O. The second kappa shape index (κ2) is 7.17. The summed E-state index contributed by atoms with van der Waals surface area (Å²) in [4.78, 5) is 15.0. The van der Waals surface area contributed by atoms with E-state index < -0.39 is 6.04 Å². The molecule has 26 heavy (non-hydrogen) atoms. The molecule has 0 radical (unpaired) electrons. The molecule has 1 aliphatic heterocycles. The van der Waals surface area contributed by atoms with E-state index in [-0.39, 0.29) is 11.5 Å². The number of hydrogen-bond donors (Lipinski definition) is 2. The number of phenolic OH excluding ortho intramolecular Hbond substituents is 1. The van der Waals surface area contributed by atoms with Gasteiger partial charge in [-0.1, -0.05) is 42.5 Å². The van der Waals surface area contributed by atoms with Gasteiger partial charge in [-0.25, -0.2) is 0 Å². The second-order valence-corrected chi connectivity index (χ2v) is 6.42. The number of Topliss-reactive ketones (excluding diaryl/α,β-unsaturated/α-hetero) is 1. The highest BCUT2D eigenvalue weighted by Gasteiger charge is 2.34. The second-order valence-electron chi connectivity index (χ2n) is 6.03. The number of nitrogens with zero attached hydrogens (tertiary/aromatic N) is 1. The zero-order chi connectivity index (χ0) is 18.8. The lowest BCUT2D eigenvalue weighted by Gasteiger charge is -2.36. The van der Waals surface area contributed by atoms with Gasteiger partial charge in [-0.05, 0) is 25.2 Å². The average molecular weight is 368 g/mol. The number of hydrogen-bond acceptors (Lipinski definition) is 4. The minimum absolute atomic E-state index is 0.00832. The highest BCUT2D eigenvalue weighted by atomic mass is 32.1. The largest absolute Gasteiger partial charge is 0.504 e. The van der Waals surface area contributed by atoms with Crippen LogP contribution in [0.25, 0.3) is 0 Å². The molecule has 5 nitrogen and oxygen atoms in total. The number of allylic oxidation sites excluding steroid dienone is 1. The molecular weight excluding hydrogens is 348 g/mol. The van der Waals surface area contributed by atoms with Crippen molar-refractivity contribution in [1.29, 1.82) is 0 Å². The van der Waals surface area contributed by atoms with E-state index in [0.717, 1.165) is 5.70 Å². The van der Waals surface area contributed by atoms with Crippen molar-refractivity contribution in [2.24, 2.45) is 0 Å². The number of benzene rings is 2. The number of nitrogens with one attached hydrogen (secondary N) is 1. The Balaban J connectivity index is 2.17. The Morgan fingerprint density at radius 3 is 2.54 bits per heavy atom. The summed E-state index contributed by atoms with van der Waals surface area (Å²) in [7, 11) is 3.30. The van der Waals surface area contributed by atoms with Crippen LogP contribution in [0.1, 0.15) is 28.9 Å². The molecule has 0 saturated carbocycles. The number of para-hydroxylation sites is 1. The molecule has 2 N–H and O–H groups in total. The predicted octanol–water partition coefficient (Wildman–Crippen LogP) is 3.42. The molecule has 2 aromatic rings. The van der Waals surface area contributed by atoms with Crippen LogP contribution in [0.4, 0.5) is 0 Å².